The van der Waals surface area contributed by atoms with Crippen LogP contribution < -0.4 is 15.4 Å². The number of methoxy groups -OCH3 is 1. The summed E-state index contributed by atoms with van der Waals surface area (Å²) in [5.74, 6) is 0.877. The minimum atomic E-state index is 0.573. The van der Waals surface area contributed by atoms with Crippen molar-refractivity contribution in [3.05, 3.63) is 29.5 Å². The second-order valence-corrected chi connectivity index (χ2v) is 6.73. The Morgan fingerprint density at radius 2 is 1.83 bits per heavy atom. The molecular weight excluding hydrogens is 298 g/mol. The Labute approximate surface area is 146 Å². The molecular formula is C20H31N3O. The summed E-state index contributed by atoms with van der Waals surface area (Å²) in [7, 11) is 1.71. The van der Waals surface area contributed by atoms with Crippen molar-refractivity contribution in [3.63, 3.8) is 0 Å². The quantitative estimate of drug-likeness (QED) is 0.668. The van der Waals surface area contributed by atoms with Crippen LogP contribution in [0.1, 0.15) is 44.2 Å². The zero-order chi connectivity index (χ0) is 17.5. The van der Waals surface area contributed by atoms with E-state index in [1.165, 1.54) is 24.0 Å². The minimum absolute atomic E-state index is 0.573. The molecule has 2 N–H and O–H groups in total. The maximum absolute atomic E-state index is 5.46. The molecule has 24 heavy (non-hydrogen) atoms. The van der Waals surface area contributed by atoms with Crippen molar-refractivity contribution in [1.82, 2.24) is 10.3 Å². The van der Waals surface area contributed by atoms with Crippen molar-refractivity contribution in [2.75, 3.05) is 25.5 Å². The Kier molecular flexibility index (Phi) is 6.85. The van der Waals surface area contributed by atoms with Crippen LogP contribution in [0.5, 0.6) is 5.75 Å². The number of nitrogens with one attached hydrogen (secondary N) is 2. The van der Waals surface area contributed by atoms with Crippen LogP contribution in [0.15, 0.2) is 18.3 Å². The van der Waals surface area contributed by atoms with Gasteiger partial charge in [0.25, 0.3) is 0 Å². The molecule has 2 rings (SSSR count). The standard InChI is InChI=1S/C20H31N3O/c1-14(2)21-9-7-6-8-10-22-19-12-17(24-5)11-18-16(4)15(3)13-23-20(18)19/h11-14,21-22H,6-10H2,1-5H3. The van der Waals surface area contributed by atoms with Gasteiger partial charge in [0.2, 0.25) is 0 Å². The topological polar surface area (TPSA) is 46.2 Å². The van der Waals surface area contributed by atoms with Gasteiger partial charge in [0.15, 0.2) is 0 Å². The first-order valence-corrected chi connectivity index (χ1v) is 8.94. The van der Waals surface area contributed by atoms with Crippen molar-refractivity contribution in [2.45, 2.75) is 53.0 Å². The maximum atomic E-state index is 5.46. The summed E-state index contributed by atoms with van der Waals surface area (Å²) in [4.78, 5) is 4.64. The lowest BCUT2D eigenvalue weighted by Gasteiger charge is -2.14. The molecule has 132 valence electrons. The van der Waals surface area contributed by atoms with E-state index in [1.807, 2.05) is 12.3 Å². The van der Waals surface area contributed by atoms with Crippen molar-refractivity contribution in [3.8, 4) is 5.75 Å². The highest BCUT2D eigenvalue weighted by Crippen LogP contribution is 2.31. The van der Waals surface area contributed by atoms with E-state index in [2.05, 4.69) is 49.4 Å². The molecule has 0 saturated heterocycles. The van der Waals surface area contributed by atoms with Gasteiger partial charge in [0.1, 0.15) is 5.75 Å². The zero-order valence-corrected chi connectivity index (χ0v) is 15.7. The molecule has 0 aliphatic carbocycles. The number of hydrogen-bond donors (Lipinski definition) is 2. The van der Waals surface area contributed by atoms with Gasteiger partial charge in [-0.3, -0.25) is 4.98 Å². The normalized spacial score (nSPS) is 11.2. The van der Waals surface area contributed by atoms with Gasteiger partial charge in [-0.05, 0) is 50.4 Å². The monoisotopic (exact) mass is 329 g/mol. The van der Waals surface area contributed by atoms with Crippen LogP contribution in [0.25, 0.3) is 10.9 Å². The summed E-state index contributed by atoms with van der Waals surface area (Å²) in [5, 5.41) is 8.17. The fraction of sp³-hybridized carbons (Fsp3) is 0.550. The Balaban J connectivity index is 1.99. The minimum Gasteiger partial charge on any atom is -0.497 e. The van der Waals surface area contributed by atoms with E-state index < -0.39 is 0 Å². The molecule has 1 aromatic carbocycles. The third-order valence-electron chi connectivity index (χ3n) is 4.42. The highest BCUT2D eigenvalue weighted by atomic mass is 16.5. The van der Waals surface area contributed by atoms with E-state index in [0.717, 1.165) is 41.9 Å². The van der Waals surface area contributed by atoms with Crippen LogP contribution in [-0.2, 0) is 0 Å². The highest BCUT2D eigenvalue weighted by molar-refractivity contribution is 5.94. The number of pyridine rings is 1. The summed E-state index contributed by atoms with van der Waals surface area (Å²) >= 11 is 0. The Bertz CT molecular complexity index is 667. The fourth-order valence-corrected chi connectivity index (χ4v) is 2.80. The Morgan fingerprint density at radius 1 is 1.08 bits per heavy atom. The molecule has 0 unspecified atom stereocenters. The zero-order valence-electron chi connectivity index (χ0n) is 15.7. The van der Waals surface area contributed by atoms with E-state index in [4.69, 9.17) is 4.74 Å². The highest BCUT2D eigenvalue weighted by Gasteiger charge is 2.09. The molecule has 4 heteroatoms. The number of nitrogens with zero attached hydrogens (tertiary/aromatic N) is 1. The van der Waals surface area contributed by atoms with Crippen LogP contribution in [-0.4, -0.2) is 31.2 Å². The molecule has 4 nitrogen and oxygen atoms in total. The number of aryl methyl sites for hydroxylation is 2. The summed E-state index contributed by atoms with van der Waals surface area (Å²) in [6, 6.07) is 4.70. The number of rotatable bonds is 9. The number of anilines is 1. The van der Waals surface area contributed by atoms with Gasteiger partial charge < -0.3 is 15.4 Å². The maximum Gasteiger partial charge on any atom is 0.121 e. The molecule has 0 fully saturated rings. The van der Waals surface area contributed by atoms with Gasteiger partial charge in [-0.2, -0.15) is 0 Å². The lowest BCUT2D eigenvalue weighted by atomic mass is 10.0. The first-order valence-electron chi connectivity index (χ1n) is 8.94. The molecule has 0 bridgehead atoms. The third-order valence-corrected chi connectivity index (χ3v) is 4.42. The van der Waals surface area contributed by atoms with E-state index >= 15 is 0 Å². The summed E-state index contributed by atoms with van der Waals surface area (Å²) in [5.41, 5.74) is 4.56. The van der Waals surface area contributed by atoms with Gasteiger partial charge in [0.05, 0.1) is 18.3 Å². The lowest BCUT2D eigenvalue weighted by molar-refractivity contribution is 0.415. The molecule has 0 amide bonds. The van der Waals surface area contributed by atoms with Crippen molar-refractivity contribution in [1.29, 1.82) is 0 Å². The third kappa shape index (κ3) is 4.84. The number of unbranched alkanes of at least 4 members (excludes halogenated alkanes) is 2. The van der Waals surface area contributed by atoms with E-state index in [1.54, 1.807) is 7.11 Å². The fourth-order valence-electron chi connectivity index (χ4n) is 2.80. The molecule has 1 aromatic heterocycles. The molecule has 2 aromatic rings. The first kappa shape index (κ1) is 18.5. The van der Waals surface area contributed by atoms with Crippen LogP contribution >= 0.6 is 0 Å². The second-order valence-electron chi connectivity index (χ2n) is 6.73. The molecule has 1 heterocycles. The van der Waals surface area contributed by atoms with Gasteiger partial charge in [-0.15, -0.1) is 0 Å². The predicted octanol–water partition coefficient (Wildman–Crippen LogP) is 4.44. The van der Waals surface area contributed by atoms with Gasteiger partial charge in [-0.25, -0.2) is 0 Å². The van der Waals surface area contributed by atoms with E-state index in [-0.39, 0.29) is 0 Å². The van der Waals surface area contributed by atoms with Crippen LogP contribution in [0.3, 0.4) is 0 Å². The number of aromatic nitrogens is 1. The van der Waals surface area contributed by atoms with Gasteiger partial charge in [-0.1, -0.05) is 20.3 Å². The van der Waals surface area contributed by atoms with Crippen molar-refractivity contribution >= 4 is 16.6 Å². The first-order chi connectivity index (χ1) is 11.5. The second kappa shape index (κ2) is 8.88. The molecule has 0 atom stereocenters. The molecule has 0 spiro atoms. The lowest BCUT2D eigenvalue weighted by Crippen LogP contribution is -2.23. The van der Waals surface area contributed by atoms with Crippen molar-refractivity contribution in [2.24, 2.45) is 0 Å². The molecule has 0 aliphatic heterocycles. The molecule has 0 aliphatic rings. The Hall–Kier alpha value is -1.81. The Morgan fingerprint density at radius 3 is 2.54 bits per heavy atom. The van der Waals surface area contributed by atoms with E-state index in [9.17, 15) is 0 Å². The molecule has 0 saturated carbocycles. The summed E-state index contributed by atoms with van der Waals surface area (Å²) < 4.78 is 5.46. The van der Waals surface area contributed by atoms with E-state index in [0.29, 0.717) is 6.04 Å². The smallest absolute Gasteiger partial charge is 0.121 e. The van der Waals surface area contributed by atoms with Crippen molar-refractivity contribution < 1.29 is 4.74 Å². The summed E-state index contributed by atoms with van der Waals surface area (Å²) in [6.07, 6.45) is 5.55. The number of benzene rings is 1. The largest absolute Gasteiger partial charge is 0.497 e. The average Bonchev–Trinajstić information content (AvgIpc) is 2.56. The van der Waals surface area contributed by atoms with Gasteiger partial charge in [0, 0.05) is 30.2 Å². The number of hydrogen-bond acceptors (Lipinski definition) is 4. The van der Waals surface area contributed by atoms with Crippen LogP contribution in [0.4, 0.5) is 5.69 Å². The van der Waals surface area contributed by atoms with Crippen LogP contribution in [0.2, 0.25) is 0 Å². The molecule has 0 radical (unpaired) electrons. The SMILES string of the molecule is COc1cc(NCCCCCNC(C)C)c2ncc(C)c(C)c2c1. The average molecular weight is 329 g/mol. The summed E-state index contributed by atoms with van der Waals surface area (Å²) in [6.45, 7) is 10.7. The predicted molar refractivity (Wildman–Crippen MR) is 103 cm³/mol. The van der Waals surface area contributed by atoms with Gasteiger partial charge >= 0.3 is 0 Å². The number of fused-ring (bicyclic) bond motifs is 1. The number of ether oxygens (including phenoxy) is 1. The van der Waals surface area contributed by atoms with Crippen LogP contribution in [0, 0.1) is 13.8 Å².